The Morgan fingerprint density at radius 3 is 2.23 bits per heavy atom. The van der Waals surface area contributed by atoms with Crippen LogP contribution in [0.5, 0.6) is 28.7 Å². The Balaban J connectivity index is 0.00000308. The third-order valence-electron chi connectivity index (χ3n) is 9.19. The monoisotopic (exact) mass is 559 g/mol. The Labute approximate surface area is 235 Å². The molecule has 8 nitrogen and oxygen atoms in total. The Bertz CT molecular complexity index is 1190. The van der Waals surface area contributed by atoms with Crippen molar-refractivity contribution in [2.24, 2.45) is 11.8 Å². The molecule has 0 amide bonds. The lowest BCUT2D eigenvalue weighted by Gasteiger charge is -2.40. The molecule has 1 unspecified atom stereocenters. The average Bonchev–Trinajstić information content (AvgIpc) is 3.56. The number of halogens is 1. The minimum absolute atomic E-state index is 0. The number of carbonyl (C=O) groups is 1. The van der Waals surface area contributed by atoms with Gasteiger partial charge >= 0.3 is 5.97 Å². The van der Waals surface area contributed by atoms with Crippen molar-refractivity contribution in [2.75, 3.05) is 41.2 Å². The fourth-order valence-electron chi connectivity index (χ4n) is 7.19. The summed E-state index contributed by atoms with van der Waals surface area (Å²) in [5, 5.41) is 10.6. The van der Waals surface area contributed by atoms with Crippen LogP contribution >= 0.6 is 12.4 Å². The molecule has 2 fully saturated rings. The summed E-state index contributed by atoms with van der Waals surface area (Å²) in [5.41, 5.74) is 3.06. The molecule has 1 saturated heterocycles. The number of benzene rings is 2. The third-order valence-corrected chi connectivity index (χ3v) is 9.19. The molecule has 0 bridgehead atoms. The van der Waals surface area contributed by atoms with Crippen LogP contribution in [0.25, 0.3) is 0 Å². The van der Waals surface area contributed by atoms with Gasteiger partial charge in [-0.1, -0.05) is 19.3 Å². The zero-order chi connectivity index (χ0) is 26.4. The highest BCUT2D eigenvalue weighted by atomic mass is 35.5. The number of carbonyl (C=O) groups excluding carboxylic acids is 1. The summed E-state index contributed by atoms with van der Waals surface area (Å²) in [4.78, 5) is 15.9. The van der Waals surface area contributed by atoms with E-state index in [4.69, 9.17) is 23.7 Å². The van der Waals surface area contributed by atoms with Gasteiger partial charge < -0.3 is 33.7 Å². The molecule has 1 N–H and O–H groups in total. The van der Waals surface area contributed by atoms with Gasteiger partial charge in [-0.15, -0.1) is 12.4 Å². The van der Waals surface area contributed by atoms with E-state index >= 15 is 0 Å². The van der Waals surface area contributed by atoms with Crippen LogP contribution < -0.4 is 18.9 Å². The van der Waals surface area contributed by atoms with Crippen LogP contribution in [-0.2, 0) is 9.53 Å². The molecular weight excluding hydrogens is 522 g/mol. The number of hydrogen-bond donors (Lipinski definition) is 1. The zero-order valence-corrected chi connectivity index (χ0v) is 23.6. The largest absolute Gasteiger partial charge is 0.502 e. The van der Waals surface area contributed by atoms with Gasteiger partial charge in [0.05, 0.1) is 26.7 Å². The molecule has 0 radical (unpaired) electrons. The van der Waals surface area contributed by atoms with Crippen molar-refractivity contribution < 1.29 is 33.6 Å². The number of fused-ring (bicyclic) bond motifs is 3. The second-order valence-electron chi connectivity index (χ2n) is 11.1. The highest BCUT2D eigenvalue weighted by Gasteiger charge is 2.52. The first kappa shape index (κ1) is 27.7. The summed E-state index contributed by atoms with van der Waals surface area (Å²) >= 11 is 0. The van der Waals surface area contributed by atoms with E-state index < -0.39 is 0 Å². The molecule has 0 spiro atoms. The molecule has 4 atom stereocenters. The molecule has 39 heavy (non-hydrogen) atoms. The number of cyclic esters (lactones) is 1. The van der Waals surface area contributed by atoms with Gasteiger partial charge in [-0.3, -0.25) is 4.79 Å². The number of phenols is 1. The van der Waals surface area contributed by atoms with Crippen LogP contribution in [0.4, 0.5) is 0 Å². The van der Waals surface area contributed by atoms with Crippen LogP contribution in [0.1, 0.15) is 67.1 Å². The van der Waals surface area contributed by atoms with Crippen molar-refractivity contribution in [3.63, 3.8) is 0 Å². The van der Waals surface area contributed by atoms with Crippen molar-refractivity contribution in [3.8, 4) is 28.7 Å². The highest BCUT2D eigenvalue weighted by molar-refractivity contribution is 5.85. The topological polar surface area (TPSA) is 86.7 Å². The number of hydrogen-bond acceptors (Lipinski definition) is 8. The first-order valence-corrected chi connectivity index (χ1v) is 13.7. The number of rotatable bonds is 7. The van der Waals surface area contributed by atoms with Gasteiger partial charge in [-0.2, -0.15) is 0 Å². The van der Waals surface area contributed by atoms with Crippen LogP contribution in [0, 0.1) is 11.8 Å². The van der Waals surface area contributed by atoms with E-state index in [0.29, 0.717) is 29.9 Å². The van der Waals surface area contributed by atoms with Gasteiger partial charge in [-0.25, -0.2) is 0 Å². The fourth-order valence-corrected chi connectivity index (χ4v) is 7.19. The summed E-state index contributed by atoms with van der Waals surface area (Å²) in [6, 6.07) is 8.39. The lowest BCUT2D eigenvalue weighted by molar-refractivity contribution is -0.141. The number of ether oxygens (including phenoxy) is 5. The predicted molar refractivity (Wildman–Crippen MR) is 148 cm³/mol. The molecule has 1 saturated carbocycles. The van der Waals surface area contributed by atoms with E-state index in [9.17, 15) is 9.90 Å². The maximum absolute atomic E-state index is 13.3. The summed E-state index contributed by atoms with van der Waals surface area (Å²) in [7, 11) is 5.26. The Morgan fingerprint density at radius 1 is 0.949 bits per heavy atom. The molecule has 2 aromatic rings. The summed E-state index contributed by atoms with van der Waals surface area (Å²) in [6.07, 6.45) is 7.41. The number of aromatic hydroxyl groups is 1. The minimum Gasteiger partial charge on any atom is -0.502 e. The smallest absolute Gasteiger partial charge is 0.310 e. The Kier molecular flexibility index (Phi) is 8.06. The number of methoxy groups -OCH3 is 2. The predicted octanol–water partition coefficient (Wildman–Crippen LogP) is 5.23. The second-order valence-corrected chi connectivity index (χ2v) is 11.1. The molecule has 212 valence electrons. The first-order valence-electron chi connectivity index (χ1n) is 13.7. The lowest BCUT2D eigenvalue weighted by atomic mass is 9.62. The van der Waals surface area contributed by atoms with Crippen molar-refractivity contribution in [1.29, 1.82) is 0 Å². The van der Waals surface area contributed by atoms with E-state index in [0.717, 1.165) is 29.8 Å². The van der Waals surface area contributed by atoms with Crippen molar-refractivity contribution in [3.05, 3.63) is 41.0 Å². The van der Waals surface area contributed by atoms with Gasteiger partial charge in [0.1, 0.15) is 0 Å². The number of esters is 1. The van der Waals surface area contributed by atoms with E-state index in [-0.39, 0.29) is 54.6 Å². The van der Waals surface area contributed by atoms with E-state index in [2.05, 4.69) is 18.0 Å². The van der Waals surface area contributed by atoms with Gasteiger partial charge in [0.2, 0.25) is 12.5 Å². The molecule has 0 aromatic heterocycles. The van der Waals surface area contributed by atoms with Gasteiger partial charge in [0.25, 0.3) is 0 Å². The van der Waals surface area contributed by atoms with Crippen molar-refractivity contribution in [2.45, 2.75) is 56.4 Å². The Morgan fingerprint density at radius 2 is 1.59 bits per heavy atom. The molecule has 9 heteroatoms. The van der Waals surface area contributed by atoms with Gasteiger partial charge in [-0.05, 0) is 79.7 Å². The van der Waals surface area contributed by atoms with Crippen LogP contribution in [0.3, 0.4) is 0 Å². The fraction of sp³-hybridized carbons (Fsp3) is 0.567. The van der Waals surface area contributed by atoms with Crippen LogP contribution in [0.15, 0.2) is 24.3 Å². The zero-order valence-electron chi connectivity index (χ0n) is 22.8. The average molecular weight is 560 g/mol. The lowest BCUT2D eigenvalue weighted by Crippen LogP contribution is -2.38. The van der Waals surface area contributed by atoms with Gasteiger partial charge in [0, 0.05) is 17.9 Å². The minimum atomic E-state index is -0.355. The summed E-state index contributed by atoms with van der Waals surface area (Å²) < 4.78 is 28.2. The molecule has 2 heterocycles. The van der Waals surface area contributed by atoms with E-state index in [1.807, 2.05) is 6.07 Å². The first-order chi connectivity index (χ1) is 18.5. The van der Waals surface area contributed by atoms with Crippen molar-refractivity contribution >= 4 is 18.4 Å². The van der Waals surface area contributed by atoms with Crippen molar-refractivity contribution in [1.82, 2.24) is 4.90 Å². The third kappa shape index (κ3) is 4.86. The molecule has 4 aliphatic rings. The maximum Gasteiger partial charge on any atom is 0.310 e. The maximum atomic E-state index is 13.3. The van der Waals surface area contributed by atoms with Gasteiger partial charge in [0.15, 0.2) is 23.0 Å². The SMILES string of the molecule is COc1cc([C@@H]2c3cc4c(cc3[C@@H](CCN(C)C3CCCCC3)C3COC(=O)[C@@H]32)OCO4)cc(OC)c1O.Cl. The summed E-state index contributed by atoms with van der Waals surface area (Å²) in [6.45, 7) is 1.55. The Hall–Kier alpha value is -2.84. The normalized spacial score (nSPS) is 25.5. The molecule has 2 aromatic carbocycles. The molecule has 6 rings (SSSR count). The van der Waals surface area contributed by atoms with E-state index in [1.54, 1.807) is 12.1 Å². The highest BCUT2D eigenvalue weighted by Crippen LogP contribution is 2.57. The van der Waals surface area contributed by atoms with Crippen LogP contribution in [-0.4, -0.2) is 63.2 Å². The second kappa shape index (κ2) is 11.3. The molecular formula is C30H38ClNO7. The summed E-state index contributed by atoms with van der Waals surface area (Å²) in [5.74, 6) is 1.34. The number of nitrogens with zero attached hydrogens (tertiary/aromatic N) is 1. The van der Waals surface area contributed by atoms with Crippen LogP contribution in [0.2, 0.25) is 0 Å². The molecule has 2 aliphatic heterocycles. The number of phenolic OH excluding ortho intramolecular Hbond substituents is 1. The standard InChI is InChI=1S/C30H37NO7.ClH/c1-31(18-7-5-4-6-8-18)10-9-19-20-13-23-24(38-16-37-23)14-21(20)27(28-22(19)15-36-30(28)33)17-11-25(34-2)29(32)26(12-17)35-3;/h11-14,18-19,22,27-28,32H,4-10,15-16H2,1-3H3;1H/t19-,22?,27-,28+;/m1./s1. The molecule has 2 aliphatic carbocycles. The quantitative estimate of drug-likeness (QED) is 0.461. The van der Waals surface area contributed by atoms with E-state index in [1.165, 1.54) is 51.9 Å².